The summed E-state index contributed by atoms with van der Waals surface area (Å²) in [5.74, 6) is 7.14. The summed E-state index contributed by atoms with van der Waals surface area (Å²) in [6.07, 6.45) is 1.07. The molecule has 0 aliphatic heterocycles. The molecule has 49 valence electrons. The minimum absolute atomic E-state index is 0.0926. The SMILES string of the molecule is CC(C)CC(C)O[NH]. The maximum absolute atomic E-state index is 6.50. The van der Waals surface area contributed by atoms with E-state index in [2.05, 4.69) is 18.7 Å². The van der Waals surface area contributed by atoms with Gasteiger partial charge in [-0.05, 0) is 19.3 Å². The lowest BCUT2D eigenvalue weighted by atomic mass is 10.1. The van der Waals surface area contributed by atoms with E-state index < -0.39 is 0 Å². The Kier molecular flexibility index (Phi) is 3.83. The zero-order valence-electron chi connectivity index (χ0n) is 5.77. The second kappa shape index (κ2) is 3.87. The molecular weight excluding hydrogens is 102 g/mol. The minimum atomic E-state index is 0.0926. The molecule has 8 heavy (non-hydrogen) atoms. The summed E-state index contributed by atoms with van der Waals surface area (Å²) in [6.45, 7) is 6.15. The fourth-order valence-corrected chi connectivity index (χ4v) is 0.712. The highest BCUT2D eigenvalue weighted by Gasteiger charge is 2.01. The predicted molar refractivity (Wildman–Crippen MR) is 33.1 cm³/mol. The number of rotatable bonds is 3. The lowest BCUT2D eigenvalue weighted by molar-refractivity contribution is 0.0364. The summed E-state index contributed by atoms with van der Waals surface area (Å²) in [7, 11) is 0. The Bertz CT molecular complexity index is 54.5. The first-order valence-corrected chi connectivity index (χ1v) is 2.99. The Morgan fingerprint density at radius 3 is 2.00 bits per heavy atom. The monoisotopic (exact) mass is 116 g/mol. The molecule has 0 amide bonds. The predicted octanol–water partition coefficient (Wildman–Crippen LogP) is 1.64. The Morgan fingerprint density at radius 1 is 1.38 bits per heavy atom. The highest BCUT2D eigenvalue weighted by atomic mass is 16.6. The molecule has 0 fully saturated rings. The van der Waals surface area contributed by atoms with Crippen molar-refractivity contribution in [3.63, 3.8) is 0 Å². The smallest absolute Gasteiger partial charge is 0.0782 e. The molecule has 0 aromatic rings. The molecule has 0 aromatic heterocycles. The summed E-state index contributed by atoms with van der Waals surface area (Å²) in [5, 5.41) is 0. The van der Waals surface area contributed by atoms with Gasteiger partial charge in [0.2, 0.25) is 0 Å². The molecular formula is C6H14NO. The highest BCUT2D eigenvalue weighted by Crippen LogP contribution is 2.04. The van der Waals surface area contributed by atoms with Crippen LogP contribution in [0.15, 0.2) is 0 Å². The Balaban J connectivity index is 3.10. The summed E-state index contributed by atoms with van der Waals surface area (Å²) < 4.78 is 0. The first kappa shape index (κ1) is 7.92. The van der Waals surface area contributed by atoms with Gasteiger partial charge in [0.05, 0.1) is 6.10 Å². The van der Waals surface area contributed by atoms with Crippen molar-refractivity contribution in [2.24, 2.45) is 5.92 Å². The average molecular weight is 116 g/mol. The van der Waals surface area contributed by atoms with Gasteiger partial charge in [-0.3, -0.25) is 4.84 Å². The van der Waals surface area contributed by atoms with Gasteiger partial charge in [-0.15, -0.1) is 5.90 Å². The van der Waals surface area contributed by atoms with Gasteiger partial charge in [-0.1, -0.05) is 13.8 Å². The molecule has 1 N–H and O–H groups in total. The van der Waals surface area contributed by atoms with Gasteiger partial charge in [0.25, 0.3) is 0 Å². The van der Waals surface area contributed by atoms with Crippen LogP contribution in [0.5, 0.6) is 0 Å². The van der Waals surface area contributed by atoms with Crippen molar-refractivity contribution in [1.82, 2.24) is 5.90 Å². The maximum atomic E-state index is 6.50. The molecule has 0 aliphatic carbocycles. The molecule has 0 aromatic carbocycles. The summed E-state index contributed by atoms with van der Waals surface area (Å²) >= 11 is 0. The van der Waals surface area contributed by atoms with E-state index in [1.807, 2.05) is 6.92 Å². The van der Waals surface area contributed by atoms with E-state index in [0.717, 1.165) is 6.42 Å². The van der Waals surface area contributed by atoms with Crippen molar-refractivity contribution in [2.75, 3.05) is 0 Å². The van der Waals surface area contributed by atoms with Crippen LogP contribution < -0.4 is 5.90 Å². The quantitative estimate of drug-likeness (QED) is 0.516. The largest absolute Gasteiger partial charge is 0.282 e. The van der Waals surface area contributed by atoms with Crippen LogP contribution in [-0.2, 0) is 4.84 Å². The van der Waals surface area contributed by atoms with Crippen LogP contribution in [0.25, 0.3) is 0 Å². The molecule has 2 nitrogen and oxygen atoms in total. The summed E-state index contributed by atoms with van der Waals surface area (Å²) in [5.41, 5.74) is 0. The maximum Gasteiger partial charge on any atom is 0.0782 e. The van der Waals surface area contributed by atoms with Gasteiger partial charge in [0, 0.05) is 0 Å². The lowest BCUT2D eigenvalue weighted by Crippen LogP contribution is -2.09. The zero-order valence-corrected chi connectivity index (χ0v) is 5.77. The first-order valence-electron chi connectivity index (χ1n) is 2.99. The van der Waals surface area contributed by atoms with Crippen LogP contribution in [0, 0.1) is 5.92 Å². The van der Waals surface area contributed by atoms with Crippen LogP contribution >= 0.6 is 0 Å². The number of nitrogens with one attached hydrogen (secondary N) is 1. The van der Waals surface area contributed by atoms with E-state index in [1.54, 1.807) is 0 Å². The van der Waals surface area contributed by atoms with Crippen molar-refractivity contribution >= 4 is 0 Å². The van der Waals surface area contributed by atoms with Gasteiger partial charge in [-0.25, -0.2) is 0 Å². The van der Waals surface area contributed by atoms with E-state index in [1.165, 1.54) is 0 Å². The Hall–Kier alpha value is -0.0800. The molecule has 1 unspecified atom stereocenters. The molecule has 0 spiro atoms. The fraction of sp³-hybridized carbons (Fsp3) is 1.00. The Labute approximate surface area is 51.0 Å². The van der Waals surface area contributed by atoms with E-state index in [4.69, 9.17) is 5.90 Å². The summed E-state index contributed by atoms with van der Waals surface area (Å²) in [6, 6.07) is 0. The van der Waals surface area contributed by atoms with E-state index >= 15 is 0 Å². The van der Waals surface area contributed by atoms with Crippen molar-refractivity contribution in [2.45, 2.75) is 33.3 Å². The Morgan fingerprint density at radius 2 is 1.88 bits per heavy atom. The van der Waals surface area contributed by atoms with Gasteiger partial charge in [-0.2, -0.15) is 0 Å². The second-order valence-electron chi connectivity index (χ2n) is 2.56. The normalized spacial score (nSPS) is 14.6. The van der Waals surface area contributed by atoms with Crippen molar-refractivity contribution in [1.29, 1.82) is 0 Å². The van der Waals surface area contributed by atoms with Crippen molar-refractivity contribution in [3.05, 3.63) is 0 Å². The molecule has 0 saturated carbocycles. The average Bonchev–Trinajstić information content (AvgIpc) is 1.65. The third-order valence-electron chi connectivity index (χ3n) is 1.00. The highest BCUT2D eigenvalue weighted by molar-refractivity contribution is 4.51. The molecule has 0 aliphatic rings. The van der Waals surface area contributed by atoms with Crippen LogP contribution in [-0.4, -0.2) is 6.10 Å². The summed E-state index contributed by atoms with van der Waals surface area (Å²) in [4.78, 5) is 4.31. The molecule has 0 rings (SSSR count). The van der Waals surface area contributed by atoms with Gasteiger partial charge in [0.15, 0.2) is 0 Å². The first-order chi connectivity index (χ1) is 3.66. The van der Waals surface area contributed by atoms with E-state index in [-0.39, 0.29) is 6.10 Å². The van der Waals surface area contributed by atoms with E-state index in [9.17, 15) is 0 Å². The molecule has 0 heterocycles. The van der Waals surface area contributed by atoms with Gasteiger partial charge in [0.1, 0.15) is 0 Å². The molecule has 1 atom stereocenters. The topological polar surface area (TPSA) is 33.0 Å². The standard InChI is InChI=1S/C6H14NO/c1-5(2)4-6(3)8-7/h5-7H,4H2,1-3H3. The van der Waals surface area contributed by atoms with Crippen LogP contribution in [0.3, 0.4) is 0 Å². The molecule has 2 heteroatoms. The molecule has 0 bridgehead atoms. The minimum Gasteiger partial charge on any atom is -0.282 e. The molecule has 0 saturated heterocycles. The lowest BCUT2D eigenvalue weighted by Gasteiger charge is -2.08. The van der Waals surface area contributed by atoms with Crippen LogP contribution in [0.2, 0.25) is 0 Å². The van der Waals surface area contributed by atoms with E-state index in [0.29, 0.717) is 5.92 Å². The third kappa shape index (κ3) is 4.09. The van der Waals surface area contributed by atoms with Gasteiger partial charge < -0.3 is 0 Å². The second-order valence-corrected chi connectivity index (χ2v) is 2.56. The number of hydrogen-bond donors (Lipinski definition) is 0. The third-order valence-corrected chi connectivity index (χ3v) is 1.00. The van der Waals surface area contributed by atoms with Crippen molar-refractivity contribution in [3.8, 4) is 0 Å². The van der Waals surface area contributed by atoms with Crippen LogP contribution in [0.4, 0.5) is 0 Å². The molecule has 1 radical (unpaired) electrons. The number of hydrogen-bond acceptors (Lipinski definition) is 1. The van der Waals surface area contributed by atoms with Crippen LogP contribution in [0.1, 0.15) is 27.2 Å². The fourth-order valence-electron chi connectivity index (χ4n) is 0.712. The zero-order chi connectivity index (χ0) is 6.57. The van der Waals surface area contributed by atoms with Crippen molar-refractivity contribution < 1.29 is 4.84 Å². The van der Waals surface area contributed by atoms with Gasteiger partial charge >= 0.3 is 0 Å².